The molecule has 0 aromatic rings. The molecule has 0 aliphatic rings. The Bertz CT molecular complexity index is 274. The van der Waals surface area contributed by atoms with Gasteiger partial charge in [0.15, 0.2) is 0 Å². The third-order valence-corrected chi connectivity index (χ3v) is 6.36. The van der Waals surface area contributed by atoms with Crippen molar-refractivity contribution < 1.29 is 46.2 Å². The molecule has 7 heteroatoms. The van der Waals surface area contributed by atoms with Crippen LogP contribution in [0.1, 0.15) is 73.1 Å². The van der Waals surface area contributed by atoms with Crippen LogP contribution in [0.4, 0.5) is 0 Å². The standard InChI is InChI=1S/C5H8O3.3C4H9O.Zr/c1-3(4(2)6)5(7)8;3*1-2-3-4-5;/h3H,1-2H3,(H,7,8);3*2-4H2,1H3;/q;3*-1;+4/p-1. The summed E-state index contributed by atoms with van der Waals surface area (Å²) in [7, 11) is 0. The van der Waals surface area contributed by atoms with Crippen LogP contribution in [0.25, 0.3) is 0 Å². The first-order chi connectivity index (χ1) is 11.4. The Labute approximate surface area is 156 Å². The zero-order valence-corrected chi connectivity index (χ0v) is 18.3. The Morgan fingerprint density at radius 3 is 1.38 bits per heavy atom. The van der Waals surface area contributed by atoms with E-state index in [1.807, 2.05) is 0 Å². The second kappa shape index (κ2) is 19.2. The summed E-state index contributed by atoms with van der Waals surface area (Å²) < 4.78 is 17.2. The molecule has 0 bridgehead atoms. The van der Waals surface area contributed by atoms with Gasteiger partial charge in [-0.25, -0.2) is 0 Å². The van der Waals surface area contributed by atoms with Crippen molar-refractivity contribution in [1.82, 2.24) is 0 Å². The number of unbranched alkanes of at least 4 members (excludes halogenated alkanes) is 3. The third kappa shape index (κ3) is 18.2. The van der Waals surface area contributed by atoms with E-state index in [9.17, 15) is 14.7 Å². The number of aliphatic carboxylic acids is 1. The Morgan fingerprint density at radius 1 is 0.875 bits per heavy atom. The molecule has 1 unspecified atom stereocenters. The van der Waals surface area contributed by atoms with Gasteiger partial charge in [-0.1, -0.05) is 6.92 Å². The second-order valence-electron chi connectivity index (χ2n) is 5.51. The molecule has 0 rings (SSSR count). The minimum atomic E-state index is -2.40. The molecular weight excluding hydrogens is 391 g/mol. The summed E-state index contributed by atoms with van der Waals surface area (Å²) in [5, 5.41) is 9.81. The molecule has 0 aromatic carbocycles. The average Bonchev–Trinajstić information content (AvgIpc) is 2.54. The number of carboxylic acids is 1. The van der Waals surface area contributed by atoms with Crippen LogP contribution in [0.5, 0.6) is 0 Å². The van der Waals surface area contributed by atoms with Crippen LogP contribution in [0.3, 0.4) is 0 Å². The minimum absolute atomic E-state index is 0.370. The Kier molecular flexibility index (Phi) is 20.9. The first kappa shape index (κ1) is 26.1. The number of Topliss-reactive ketones (excluding diaryl/α,β-unsaturated/α-hetero) is 1. The summed E-state index contributed by atoms with van der Waals surface area (Å²) in [4.78, 5) is 20.0. The fraction of sp³-hybridized carbons (Fsp3) is 0.882. The predicted molar refractivity (Wildman–Crippen MR) is 87.4 cm³/mol. The molecule has 6 nitrogen and oxygen atoms in total. The van der Waals surface area contributed by atoms with Gasteiger partial charge in [-0.05, 0) is 6.92 Å². The Hall–Kier alpha value is -0.0969. The number of carbonyl (C=O) groups is 2. The van der Waals surface area contributed by atoms with Crippen LogP contribution in [0.2, 0.25) is 0 Å². The Balaban J connectivity index is 0. The molecule has 0 spiro atoms. The van der Waals surface area contributed by atoms with Gasteiger partial charge in [-0.15, -0.1) is 0 Å². The van der Waals surface area contributed by atoms with Crippen molar-refractivity contribution in [3.05, 3.63) is 0 Å². The van der Waals surface area contributed by atoms with E-state index >= 15 is 0 Å². The predicted octanol–water partition coefficient (Wildman–Crippen LogP) is 2.76. The second-order valence-corrected chi connectivity index (χ2v) is 8.87. The number of hydrogen-bond acceptors (Lipinski definition) is 6. The number of carbonyl (C=O) groups excluding carboxylic acids is 2. The number of carboxylic acid groups (broad SMARTS) is 1. The molecule has 0 aliphatic heterocycles. The molecule has 0 radical (unpaired) electrons. The van der Waals surface area contributed by atoms with E-state index < -0.39 is 35.0 Å². The molecule has 0 saturated heterocycles. The topological polar surface area (TPSA) is 84.9 Å². The monoisotopic (exact) mass is 424 g/mol. The number of ketones is 1. The third-order valence-electron chi connectivity index (χ3n) is 3.12. The van der Waals surface area contributed by atoms with Crippen LogP contribution < -0.4 is 5.11 Å². The summed E-state index contributed by atoms with van der Waals surface area (Å²) >= 11 is -2.40. The molecule has 0 heterocycles. The van der Waals surface area contributed by atoms with Gasteiger partial charge in [0.2, 0.25) is 0 Å². The van der Waals surface area contributed by atoms with Crippen molar-refractivity contribution in [2.45, 2.75) is 73.1 Å². The van der Waals surface area contributed by atoms with Crippen molar-refractivity contribution in [3.63, 3.8) is 0 Å². The van der Waals surface area contributed by atoms with Crippen LogP contribution in [-0.2, 0) is 41.1 Å². The molecule has 24 heavy (non-hydrogen) atoms. The van der Waals surface area contributed by atoms with Crippen molar-refractivity contribution >= 4 is 11.8 Å². The van der Waals surface area contributed by atoms with Crippen molar-refractivity contribution in [2.75, 3.05) is 19.8 Å². The molecular formula is C17H34O6Zr. The van der Waals surface area contributed by atoms with Gasteiger partial charge in [0, 0.05) is 0 Å². The van der Waals surface area contributed by atoms with Crippen LogP contribution >= 0.6 is 0 Å². The van der Waals surface area contributed by atoms with Gasteiger partial charge >= 0.3 is 111 Å². The van der Waals surface area contributed by atoms with Gasteiger partial charge in [-0.3, -0.25) is 4.79 Å². The van der Waals surface area contributed by atoms with E-state index in [1.54, 1.807) is 0 Å². The van der Waals surface area contributed by atoms with Crippen LogP contribution in [0, 0.1) is 5.92 Å². The van der Waals surface area contributed by atoms with Crippen molar-refractivity contribution in [3.8, 4) is 0 Å². The van der Waals surface area contributed by atoms with Crippen molar-refractivity contribution in [2.24, 2.45) is 5.92 Å². The fourth-order valence-corrected chi connectivity index (χ4v) is 4.10. The summed E-state index contributed by atoms with van der Waals surface area (Å²) in [5.41, 5.74) is 0. The fourth-order valence-electron chi connectivity index (χ4n) is 1.19. The summed E-state index contributed by atoms with van der Waals surface area (Å²) in [6, 6.07) is 0. The number of rotatable bonds is 14. The van der Waals surface area contributed by atoms with Gasteiger partial charge in [0.25, 0.3) is 0 Å². The molecule has 0 saturated carbocycles. The zero-order chi connectivity index (χ0) is 18.8. The van der Waals surface area contributed by atoms with Crippen LogP contribution in [0.15, 0.2) is 0 Å². The van der Waals surface area contributed by atoms with E-state index in [0.29, 0.717) is 0 Å². The molecule has 0 fully saturated rings. The van der Waals surface area contributed by atoms with Crippen molar-refractivity contribution in [1.29, 1.82) is 0 Å². The SMILES string of the molecule is CC(=O)C(C)C(=O)[O-].CCCC[O][Zr+]([O]CCCC)[O]CCCC. The van der Waals surface area contributed by atoms with Gasteiger partial charge in [0.05, 0.1) is 11.9 Å². The molecule has 0 aromatic heterocycles. The van der Waals surface area contributed by atoms with E-state index in [-0.39, 0.29) is 5.78 Å². The first-order valence-corrected chi connectivity index (χ1v) is 11.9. The van der Waals surface area contributed by atoms with E-state index in [1.165, 1.54) is 33.1 Å². The van der Waals surface area contributed by atoms with Gasteiger partial charge in [-0.2, -0.15) is 0 Å². The van der Waals surface area contributed by atoms with E-state index in [0.717, 1.165) is 39.1 Å². The normalized spacial score (nSPS) is 11.4. The summed E-state index contributed by atoms with van der Waals surface area (Å²) in [6.45, 7) is 11.5. The van der Waals surface area contributed by atoms with Crippen LogP contribution in [-0.4, -0.2) is 31.6 Å². The number of hydrogen-bond donors (Lipinski definition) is 0. The van der Waals surface area contributed by atoms with Gasteiger partial charge in [0.1, 0.15) is 5.78 Å². The summed E-state index contributed by atoms with van der Waals surface area (Å²) in [5.74, 6) is -2.64. The molecule has 142 valence electrons. The quantitative estimate of drug-likeness (QED) is 0.314. The molecule has 0 N–H and O–H groups in total. The van der Waals surface area contributed by atoms with E-state index in [2.05, 4.69) is 20.8 Å². The average molecular weight is 426 g/mol. The Morgan fingerprint density at radius 2 is 1.21 bits per heavy atom. The molecule has 0 aliphatic carbocycles. The van der Waals surface area contributed by atoms with E-state index in [4.69, 9.17) is 8.44 Å². The first-order valence-electron chi connectivity index (χ1n) is 8.87. The molecule has 1 atom stereocenters. The maximum absolute atomic E-state index is 10.2. The maximum atomic E-state index is 10.2. The zero-order valence-electron chi connectivity index (χ0n) is 15.9. The molecule has 0 amide bonds. The van der Waals surface area contributed by atoms with Gasteiger partial charge < -0.3 is 9.90 Å². The summed E-state index contributed by atoms with van der Waals surface area (Å²) in [6.07, 6.45) is 6.83.